The second-order valence-corrected chi connectivity index (χ2v) is 0. The largest absolute Gasteiger partial charge is 3.00 e. The van der Waals surface area contributed by atoms with Crippen LogP contribution in [0.2, 0.25) is 0 Å². The van der Waals surface area contributed by atoms with Crippen molar-refractivity contribution in [3.8, 4) is 0 Å². The van der Waals surface area contributed by atoms with E-state index >= 15 is 0 Å². The maximum Gasteiger partial charge on any atom is 3.00 e. The molecule has 0 rings (SSSR count). The van der Waals surface area contributed by atoms with Crippen LogP contribution in [-0.2, 0) is 32.7 Å². The standard InChI is InChI=1S/10FH.Gd.Li.Tm.Y/h10*1H;;;;/q;;;;;;;;;;+3;+1;2*+3/p-10. The van der Waals surface area contributed by atoms with E-state index in [1.54, 1.807) is 0 Å². The molecule has 0 bridgehead atoms. The molecule has 0 atom stereocenters. The fourth-order valence-electron chi connectivity index (χ4n) is 0. The monoisotopic (exact) mass is 613 g/mol. The maximum atomic E-state index is 0. The van der Waals surface area contributed by atoms with Gasteiger partial charge in [0.15, 0.2) is 0 Å². The molecule has 14 heteroatoms. The van der Waals surface area contributed by atoms with Crippen LogP contribution in [0.1, 0.15) is 0 Å². The SMILES string of the molecule is [F-].[F-].[F-].[F-].[F-].[F-].[F-].[F-].[F-].[F-].[Gd+3].[Li+].[Tm+3].[Y+3]. The average Bonchev–Trinajstić information content (AvgIpc) is 0. The number of rotatable bonds is 0. The van der Waals surface area contributed by atoms with Crippen molar-refractivity contribution in [1.82, 2.24) is 0 Å². The number of hydrogen-bond donors (Lipinski definition) is 0. The van der Waals surface area contributed by atoms with E-state index in [4.69, 9.17) is 0 Å². The number of halogens is 10. The first-order valence-electron chi connectivity index (χ1n) is 0. The van der Waals surface area contributed by atoms with E-state index < -0.39 is 0 Å². The van der Waals surface area contributed by atoms with Crippen LogP contribution >= 0.6 is 0 Å². The Morgan fingerprint density at radius 1 is 0.357 bits per heavy atom. The zero-order valence-electron chi connectivity index (χ0n) is 5.99. The van der Waals surface area contributed by atoms with E-state index in [2.05, 4.69) is 0 Å². The molecule has 0 fully saturated rings. The molecule has 1 radical (unpaired) electrons. The summed E-state index contributed by atoms with van der Waals surface area (Å²) in [7, 11) is 0. The van der Waals surface area contributed by atoms with E-state index in [-0.39, 0.29) is 175 Å². The molecule has 0 aromatic carbocycles. The van der Waals surface area contributed by atoms with Crippen LogP contribution in [0.5, 0.6) is 0 Å². The van der Waals surface area contributed by atoms with Gasteiger partial charge in [-0.05, 0) is 0 Å². The van der Waals surface area contributed by atoms with E-state index in [1.165, 1.54) is 0 Å². The van der Waals surface area contributed by atoms with Crippen molar-refractivity contribution < 1.29 is 175 Å². The van der Waals surface area contributed by atoms with Crippen molar-refractivity contribution in [1.29, 1.82) is 0 Å². The van der Waals surface area contributed by atoms with Gasteiger partial charge in [-0.3, -0.25) is 0 Å². The third kappa shape index (κ3) is 260. The molecule has 0 unspecified atom stereocenters. The Morgan fingerprint density at radius 2 is 0.357 bits per heavy atom. The van der Waals surface area contributed by atoms with Crippen LogP contribution in [0.25, 0.3) is 0 Å². The Balaban J connectivity index is 0. The summed E-state index contributed by atoms with van der Waals surface area (Å²) in [5, 5.41) is 0. The molecule has 14 heavy (non-hydrogen) atoms. The van der Waals surface area contributed by atoms with E-state index in [0.717, 1.165) is 0 Å². The molecule has 0 N–H and O–H groups in total. The second kappa shape index (κ2) is 316. The Morgan fingerprint density at radius 3 is 0.357 bits per heavy atom. The van der Waals surface area contributed by atoms with Gasteiger partial charge in [-0.25, -0.2) is 0 Å². The van der Waals surface area contributed by atoms with Crippen molar-refractivity contribution >= 4 is 0 Å². The zero-order chi connectivity index (χ0) is 0. The van der Waals surface area contributed by atoms with E-state index in [9.17, 15) is 0 Å². The summed E-state index contributed by atoms with van der Waals surface area (Å²) in [5.41, 5.74) is 0. The molecule has 0 spiro atoms. The topological polar surface area (TPSA) is 0 Å². The van der Waals surface area contributed by atoms with Gasteiger partial charge in [-0.1, -0.05) is 0 Å². The van der Waals surface area contributed by atoms with Gasteiger partial charge in [0.2, 0.25) is 0 Å². The third-order valence-electron chi connectivity index (χ3n) is 0. The van der Waals surface area contributed by atoms with Crippen LogP contribution < -0.4 is 65.9 Å². The summed E-state index contributed by atoms with van der Waals surface area (Å²) >= 11 is 0. The molecule has 0 aromatic heterocycles. The molecule has 0 aliphatic carbocycles. The fraction of sp³-hybridized carbons (Fsp3) is 0. The Bertz CT molecular complexity index is 20.1. The van der Waals surface area contributed by atoms with Gasteiger partial charge in [-0.2, -0.15) is 0 Å². The Hall–Kier alpha value is 3.56. The van der Waals surface area contributed by atoms with Crippen LogP contribution in [0.4, 0.5) is 0 Å². The third-order valence-corrected chi connectivity index (χ3v) is 0. The Labute approximate surface area is 172 Å². The van der Waals surface area contributed by atoms with E-state index in [0.29, 0.717) is 0 Å². The van der Waals surface area contributed by atoms with Crippen LogP contribution in [0.3, 0.4) is 0 Å². The Kier molecular flexibility index (Phi) is 8590. The van der Waals surface area contributed by atoms with Crippen LogP contribution in [0, 0.1) is 76.8 Å². The predicted molar refractivity (Wildman–Crippen MR) is 0 cm³/mol. The fourth-order valence-corrected chi connectivity index (χ4v) is 0. The summed E-state index contributed by atoms with van der Waals surface area (Å²) in [6.45, 7) is 0. The first kappa shape index (κ1) is 380. The molecule has 0 heterocycles. The second-order valence-electron chi connectivity index (χ2n) is 0. The minimum atomic E-state index is 0. The molecular weight excluding hydrogens is 612 g/mol. The van der Waals surface area contributed by atoms with E-state index in [1.807, 2.05) is 0 Å². The summed E-state index contributed by atoms with van der Waals surface area (Å²) in [5.74, 6) is 0. The summed E-state index contributed by atoms with van der Waals surface area (Å²) in [4.78, 5) is 0. The quantitative estimate of drug-likeness (QED) is 0.189. The minimum absolute atomic E-state index is 0. The van der Waals surface area contributed by atoms with Crippen molar-refractivity contribution in [2.75, 3.05) is 0 Å². The summed E-state index contributed by atoms with van der Waals surface area (Å²) < 4.78 is 0. The van der Waals surface area contributed by atoms with Gasteiger partial charge in [0.1, 0.15) is 0 Å². The van der Waals surface area contributed by atoms with Gasteiger partial charge in [-0.15, -0.1) is 0 Å². The van der Waals surface area contributed by atoms with Crippen molar-refractivity contribution in [3.05, 3.63) is 0 Å². The molecule has 0 aromatic rings. The smallest absolute Gasteiger partial charge is 1.00 e. The van der Waals surface area contributed by atoms with Crippen LogP contribution in [-0.4, -0.2) is 0 Å². The normalized spacial score (nSPS) is 0. The predicted octanol–water partition coefficient (Wildman–Crippen LogP) is -33.0. The average molecular weight is 612 g/mol. The minimum Gasteiger partial charge on any atom is -1.00 e. The van der Waals surface area contributed by atoms with Gasteiger partial charge >= 0.3 is 128 Å². The molecule has 0 saturated carbocycles. The van der Waals surface area contributed by atoms with Crippen molar-refractivity contribution in [2.24, 2.45) is 0 Å². The first-order chi connectivity index (χ1) is 0. The summed E-state index contributed by atoms with van der Waals surface area (Å²) in [6, 6.07) is 0. The van der Waals surface area contributed by atoms with Gasteiger partial charge in [0.25, 0.3) is 0 Å². The van der Waals surface area contributed by atoms with Gasteiger partial charge in [0.05, 0.1) is 0 Å². The van der Waals surface area contributed by atoms with Crippen molar-refractivity contribution in [3.63, 3.8) is 0 Å². The summed E-state index contributed by atoms with van der Waals surface area (Å²) in [6.07, 6.45) is 0. The van der Waals surface area contributed by atoms with Crippen molar-refractivity contribution in [2.45, 2.75) is 0 Å². The molecule has 0 saturated heterocycles. The molecule has 95 valence electrons. The maximum absolute atomic E-state index is 0. The number of hydrogen-bond acceptors (Lipinski definition) is 0. The molecular formula is F10GdLiTmY. The molecule has 0 aliphatic rings. The molecule has 0 amide bonds. The molecule has 0 aliphatic heterocycles. The molecule has 0 nitrogen and oxygen atoms in total. The first-order valence-corrected chi connectivity index (χ1v) is 0. The van der Waals surface area contributed by atoms with Gasteiger partial charge in [0, 0.05) is 0 Å². The van der Waals surface area contributed by atoms with Gasteiger partial charge < -0.3 is 47.0 Å². The zero-order valence-corrected chi connectivity index (χ0v) is 12.9. The van der Waals surface area contributed by atoms with Crippen LogP contribution in [0.15, 0.2) is 0 Å².